The van der Waals surface area contributed by atoms with Crippen molar-refractivity contribution in [3.63, 3.8) is 0 Å². The van der Waals surface area contributed by atoms with E-state index >= 15 is 0 Å². The number of phenols is 1. The second-order valence-electron chi connectivity index (χ2n) is 2.86. The number of para-hydroxylation sites is 1. The van der Waals surface area contributed by atoms with Crippen LogP contribution in [-0.4, -0.2) is 10.9 Å². The zero-order valence-electron chi connectivity index (χ0n) is 7.31. The molecule has 3 heteroatoms. The van der Waals surface area contributed by atoms with Crippen LogP contribution in [0.1, 0.15) is 15.9 Å². The Balaban J connectivity index is 2.42. The van der Waals surface area contributed by atoms with Crippen LogP contribution in [0.5, 0.6) is 5.75 Å². The van der Waals surface area contributed by atoms with E-state index in [0.717, 1.165) is 0 Å². The zero-order chi connectivity index (χ0) is 9.97. The van der Waals surface area contributed by atoms with Gasteiger partial charge in [-0.05, 0) is 18.2 Å². The first-order valence-electron chi connectivity index (χ1n) is 4.14. The molecule has 1 aromatic carbocycles. The molecule has 0 bridgehead atoms. The third-order valence-electron chi connectivity index (χ3n) is 1.93. The van der Waals surface area contributed by atoms with E-state index in [9.17, 15) is 9.90 Å². The van der Waals surface area contributed by atoms with Crippen LogP contribution in [0.15, 0.2) is 47.3 Å². The Hall–Kier alpha value is -2.03. The van der Waals surface area contributed by atoms with Crippen LogP contribution in [0.25, 0.3) is 0 Å². The SMILES string of the molecule is O=C(c1ccoc1)c1ccccc1O. The monoisotopic (exact) mass is 188 g/mol. The summed E-state index contributed by atoms with van der Waals surface area (Å²) in [6.45, 7) is 0. The number of carbonyl (C=O) groups excluding carboxylic acids is 1. The maximum Gasteiger partial charge on any atom is 0.199 e. The number of hydrogen-bond acceptors (Lipinski definition) is 3. The lowest BCUT2D eigenvalue weighted by Crippen LogP contribution is -1.99. The molecule has 1 aromatic heterocycles. The average Bonchev–Trinajstić information content (AvgIpc) is 2.70. The number of rotatable bonds is 2. The first kappa shape index (κ1) is 8.56. The van der Waals surface area contributed by atoms with Crippen molar-refractivity contribution in [1.29, 1.82) is 0 Å². The average molecular weight is 188 g/mol. The fraction of sp³-hybridized carbons (Fsp3) is 0. The summed E-state index contributed by atoms with van der Waals surface area (Å²) in [5, 5.41) is 9.43. The Morgan fingerprint density at radius 2 is 2.00 bits per heavy atom. The van der Waals surface area contributed by atoms with Crippen LogP contribution in [0.3, 0.4) is 0 Å². The molecule has 0 spiro atoms. The number of hydrogen-bond donors (Lipinski definition) is 1. The molecule has 14 heavy (non-hydrogen) atoms. The smallest absolute Gasteiger partial charge is 0.199 e. The minimum absolute atomic E-state index is 0.0151. The van der Waals surface area contributed by atoms with Crippen molar-refractivity contribution >= 4 is 5.78 Å². The highest BCUT2D eigenvalue weighted by atomic mass is 16.3. The van der Waals surface area contributed by atoms with Crippen molar-refractivity contribution in [3.8, 4) is 5.75 Å². The van der Waals surface area contributed by atoms with Crippen molar-refractivity contribution in [2.45, 2.75) is 0 Å². The predicted octanol–water partition coefficient (Wildman–Crippen LogP) is 2.22. The quantitative estimate of drug-likeness (QED) is 0.735. The van der Waals surface area contributed by atoms with Crippen molar-refractivity contribution < 1.29 is 14.3 Å². The van der Waals surface area contributed by atoms with E-state index in [0.29, 0.717) is 5.56 Å². The topological polar surface area (TPSA) is 50.4 Å². The summed E-state index contributed by atoms with van der Waals surface area (Å²) < 4.78 is 4.79. The van der Waals surface area contributed by atoms with Gasteiger partial charge in [-0.3, -0.25) is 4.79 Å². The molecule has 0 aliphatic carbocycles. The first-order valence-corrected chi connectivity index (χ1v) is 4.14. The number of phenolic OH excluding ortho intramolecular Hbond substituents is 1. The van der Waals surface area contributed by atoms with E-state index in [1.165, 1.54) is 18.6 Å². The summed E-state index contributed by atoms with van der Waals surface area (Å²) >= 11 is 0. The minimum atomic E-state index is -0.239. The van der Waals surface area contributed by atoms with E-state index in [-0.39, 0.29) is 17.1 Å². The van der Waals surface area contributed by atoms with E-state index in [2.05, 4.69) is 0 Å². The van der Waals surface area contributed by atoms with Crippen LogP contribution in [0, 0.1) is 0 Å². The van der Waals surface area contributed by atoms with Gasteiger partial charge in [-0.1, -0.05) is 12.1 Å². The van der Waals surface area contributed by atoms with Crippen LogP contribution in [0.4, 0.5) is 0 Å². The van der Waals surface area contributed by atoms with Gasteiger partial charge in [0.15, 0.2) is 5.78 Å². The second-order valence-corrected chi connectivity index (χ2v) is 2.86. The van der Waals surface area contributed by atoms with Gasteiger partial charge in [-0.2, -0.15) is 0 Å². The third kappa shape index (κ3) is 1.40. The Kier molecular flexibility index (Phi) is 2.07. The normalized spacial score (nSPS) is 10.0. The van der Waals surface area contributed by atoms with Gasteiger partial charge >= 0.3 is 0 Å². The van der Waals surface area contributed by atoms with Gasteiger partial charge in [0.1, 0.15) is 12.0 Å². The Bertz CT molecular complexity index is 443. The molecule has 0 radical (unpaired) electrons. The standard InChI is InChI=1S/C11H8O3/c12-10-4-2-1-3-9(10)11(13)8-5-6-14-7-8/h1-7,12H. The highest BCUT2D eigenvalue weighted by Gasteiger charge is 2.13. The fourth-order valence-electron chi connectivity index (χ4n) is 1.21. The number of benzene rings is 1. The fourth-order valence-corrected chi connectivity index (χ4v) is 1.21. The molecule has 0 amide bonds. The summed E-state index contributed by atoms with van der Waals surface area (Å²) in [5.74, 6) is -0.254. The Morgan fingerprint density at radius 1 is 1.21 bits per heavy atom. The van der Waals surface area contributed by atoms with Crippen LogP contribution < -0.4 is 0 Å². The molecule has 2 rings (SSSR count). The van der Waals surface area contributed by atoms with E-state index < -0.39 is 0 Å². The highest BCUT2D eigenvalue weighted by Crippen LogP contribution is 2.19. The number of furan rings is 1. The number of ketones is 1. The lowest BCUT2D eigenvalue weighted by atomic mass is 10.1. The molecular weight excluding hydrogens is 180 g/mol. The van der Waals surface area contributed by atoms with Gasteiger partial charge in [0, 0.05) is 0 Å². The summed E-state index contributed by atoms with van der Waals surface area (Å²) in [6.07, 6.45) is 2.78. The lowest BCUT2D eigenvalue weighted by molar-refractivity contribution is 0.103. The summed E-state index contributed by atoms with van der Waals surface area (Å²) in [7, 11) is 0. The van der Waals surface area contributed by atoms with Crippen LogP contribution >= 0.6 is 0 Å². The highest BCUT2D eigenvalue weighted by molar-refractivity contribution is 6.10. The van der Waals surface area contributed by atoms with Gasteiger partial charge in [0.2, 0.25) is 0 Å². The predicted molar refractivity (Wildman–Crippen MR) is 50.2 cm³/mol. The van der Waals surface area contributed by atoms with E-state index in [1.54, 1.807) is 24.3 Å². The van der Waals surface area contributed by atoms with Crippen LogP contribution in [-0.2, 0) is 0 Å². The van der Waals surface area contributed by atoms with Gasteiger partial charge in [0.25, 0.3) is 0 Å². The molecule has 70 valence electrons. The zero-order valence-corrected chi connectivity index (χ0v) is 7.31. The lowest BCUT2D eigenvalue weighted by Gasteiger charge is -1.99. The second kappa shape index (κ2) is 3.38. The molecule has 0 saturated carbocycles. The van der Waals surface area contributed by atoms with Gasteiger partial charge in [-0.15, -0.1) is 0 Å². The van der Waals surface area contributed by atoms with Crippen molar-refractivity contribution in [3.05, 3.63) is 54.0 Å². The number of aromatic hydroxyl groups is 1. The van der Waals surface area contributed by atoms with E-state index in [1.807, 2.05) is 0 Å². The van der Waals surface area contributed by atoms with Crippen molar-refractivity contribution in [2.24, 2.45) is 0 Å². The molecule has 3 nitrogen and oxygen atoms in total. The Morgan fingerprint density at radius 3 is 2.64 bits per heavy atom. The molecule has 0 fully saturated rings. The van der Waals surface area contributed by atoms with E-state index in [4.69, 9.17) is 4.42 Å². The molecule has 0 unspecified atom stereocenters. The van der Waals surface area contributed by atoms with Gasteiger partial charge < -0.3 is 9.52 Å². The largest absolute Gasteiger partial charge is 0.507 e. The van der Waals surface area contributed by atoms with Gasteiger partial charge in [-0.25, -0.2) is 0 Å². The first-order chi connectivity index (χ1) is 6.79. The Labute approximate surface area is 80.6 Å². The summed E-state index contributed by atoms with van der Waals surface area (Å²) in [6, 6.07) is 7.99. The molecule has 0 saturated heterocycles. The van der Waals surface area contributed by atoms with Crippen molar-refractivity contribution in [2.75, 3.05) is 0 Å². The summed E-state index contributed by atoms with van der Waals surface area (Å²) in [4.78, 5) is 11.7. The molecule has 1 heterocycles. The maximum atomic E-state index is 11.7. The third-order valence-corrected chi connectivity index (χ3v) is 1.93. The van der Waals surface area contributed by atoms with Crippen molar-refractivity contribution in [1.82, 2.24) is 0 Å². The number of carbonyl (C=O) groups is 1. The maximum absolute atomic E-state index is 11.7. The van der Waals surface area contributed by atoms with Crippen LogP contribution in [0.2, 0.25) is 0 Å². The molecule has 0 atom stereocenters. The molecule has 0 aliphatic rings. The molecular formula is C11H8O3. The van der Waals surface area contributed by atoms with Gasteiger partial charge in [0.05, 0.1) is 17.4 Å². The minimum Gasteiger partial charge on any atom is -0.507 e. The molecule has 0 aliphatic heterocycles. The molecule has 1 N–H and O–H groups in total. The molecule has 2 aromatic rings. The summed E-state index contributed by atoms with van der Waals surface area (Å²) in [5.41, 5.74) is 0.723.